The molecule has 0 aliphatic rings. The lowest BCUT2D eigenvalue weighted by Gasteiger charge is -2.12. The molecule has 0 bridgehead atoms. The van der Waals surface area contributed by atoms with Gasteiger partial charge in [0.05, 0.1) is 5.69 Å². The predicted octanol–water partition coefficient (Wildman–Crippen LogP) is 6.38. The molecule has 0 spiro atoms. The van der Waals surface area contributed by atoms with E-state index < -0.39 is 12.4 Å². The lowest BCUT2D eigenvalue weighted by atomic mass is 10.1. The van der Waals surface area contributed by atoms with E-state index in [0.717, 1.165) is 34.3 Å². The smallest absolute Gasteiger partial charge is 0.406 e. The zero-order valence-corrected chi connectivity index (χ0v) is 15.5. The maximum Gasteiger partial charge on any atom is 0.573 e. The molecule has 30 heavy (non-hydrogen) atoms. The fraction of sp³-hybridized carbons (Fsp3) is 0.0455. The standard InChI is InChI=1S/C22H16F3N3O2/c23-22(24,25)30-16-11-9-15(10-12-16)26-21(29)28-19-8-4-2-6-17(19)20-13-14-5-1-3-7-18(14)27-20/h1-13,27H,(H2,26,28,29). The minimum absolute atomic E-state index is 0.324. The first kappa shape index (κ1) is 19.4. The number of aromatic nitrogens is 1. The number of ether oxygens (including phenoxy) is 1. The van der Waals surface area contributed by atoms with Crippen molar-refractivity contribution in [2.24, 2.45) is 0 Å². The normalized spacial score (nSPS) is 11.3. The number of fused-ring (bicyclic) bond motifs is 1. The molecular weight excluding hydrogens is 395 g/mol. The van der Waals surface area contributed by atoms with Crippen LogP contribution in [-0.2, 0) is 0 Å². The third-order valence-corrected chi connectivity index (χ3v) is 4.34. The van der Waals surface area contributed by atoms with Crippen LogP contribution in [0.5, 0.6) is 5.75 Å². The first-order valence-corrected chi connectivity index (χ1v) is 8.98. The second kappa shape index (κ2) is 7.82. The van der Waals surface area contributed by atoms with Gasteiger partial charge in [0.25, 0.3) is 0 Å². The summed E-state index contributed by atoms with van der Waals surface area (Å²) in [6.45, 7) is 0. The van der Waals surface area contributed by atoms with Crippen LogP contribution in [0.15, 0.2) is 78.9 Å². The van der Waals surface area contributed by atoms with Gasteiger partial charge in [0, 0.05) is 27.8 Å². The lowest BCUT2D eigenvalue weighted by Crippen LogP contribution is -2.20. The highest BCUT2D eigenvalue weighted by molar-refractivity contribution is 6.02. The van der Waals surface area contributed by atoms with Crippen LogP contribution in [0.4, 0.5) is 29.3 Å². The Morgan fingerprint density at radius 1 is 0.867 bits per heavy atom. The summed E-state index contributed by atoms with van der Waals surface area (Å²) in [5, 5.41) is 6.41. The molecule has 0 aliphatic carbocycles. The molecule has 0 radical (unpaired) electrons. The number of urea groups is 1. The third kappa shape index (κ3) is 4.54. The molecule has 1 heterocycles. The van der Waals surface area contributed by atoms with Gasteiger partial charge in [-0.05, 0) is 42.5 Å². The van der Waals surface area contributed by atoms with Gasteiger partial charge in [-0.3, -0.25) is 0 Å². The topological polar surface area (TPSA) is 66.2 Å². The van der Waals surface area contributed by atoms with Crippen LogP contribution in [-0.4, -0.2) is 17.4 Å². The molecule has 0 atom stereocenters. The van der Waals surface area contributed by atoms with Crippen molar-refractivity contribution in [1.29, 1.82) is 0 Å². The molecular formula is C22H16F3N3O2. The van der Waals surface area contributed by atoms with Crippen LogP contribution in [0.1, 0.15) is 0 Å². The van der Waals surface area contributed by atoms with Gasteiger partial charge in [0.1, 0.15) is 5.75 Å². The van der Waals surface area contributed by atoms with E-state index in [4.69, 9.17) is 0 Å². The highest BCUT2D eigenvalue weighted by Gasteiger charge is 2.30. The fourth-order valence-corrected chi connectivity index (χ4v) is 3.07. The van der Waals surface area contributed by atoms with E-state index >= 15 is 0 Å². The molecule has 3 aromatic carbocycles. The molecule has 0 saturated carbocycles. The van der Waals surface area contributed by atoms with E-state index in [1.165, 1.54) is 12.1 Å². The van der Waals surface area contributed by atoms with Crippen molar-refractivity contribution in [3.8, 4) is 17.0 Å². The van der Waals surface area contributed by atoms with Crippen LogP contribution in [0, 0.1) is 0 Å². The number of halogens is 3. The molecule has 0 unspecified atom stereocenters. The van der Waals surface area contributed by atoms with Crippen molar-refractivity contribution >= 4 is 28.3 Å². The third-order valence-electron chi connectivity index (χ3n) is 4.34. The summed E-state index contributed by atoms with van der Waals surface area (Å²) in [6, 6.07) is 21.5. The summed E-state index contributed by atoms with van der Waals surface area (Å²) in [5.74, 6) is -0.363. The van der Waals surface area contributed by atoms with Gasteiger partial charge in [-0.15, -0.1) is 13.2 Å². The Bertz CT molecular complexity index is 1150. The summed E-state index contributed by atoms with van der Waals surface area (Å²) in [6.07, 6.45) is -4.77. The number of rotatable bonds is 4. The molecule has 8 heteroatoms. The molecule has 152 valence electrons. The fourth-order valence-electron chi connectivity index (χ4n) is 3.07. The van der Waals surface area contributed by atoms with E-state index in [9.17, 15) is 18.0 Å². The van der Waals surface area contributed by atoms with Gasteiger partial charge in [0.2, 0.25) is 0 Å². The molecule has 1 aromatic heterocycles. The minimum Gasteiger partial charge on any atom is -0.406 e. The van der Waals surface area contributed by atoms with Crippen molar-refractivity contribution in [1.82, 2.24) is 4.98 Å². The summed E-state index contributed by atoms with van der Waals surface area (Å²) in [4.78, 5) is 15.7. The first-order chi connectivity index (χ1) is 14.4. The Hall–Kier alpha value is -3.94. The van der Waals surface area contributed by atoms with Crippen molar-refractivity contribution in [3.63, 3.8) is 0 Å². The molecule has 0 aliphatic heterocycles. The molecule has 4 aromatic rings. The molecule has 0 fully saturated rings. The minimum atomic E-state index is -4.77. The highest BCUT2D eigenvalue weighted by atomic mass is 19.4. The first-order valence-electron chi connectivity index (χ1n) is 8.98. The zero-order chi connectivity index (χ0) is 21.1. The quantitative estimate of drug-likeness (QED) is 0.365. The number of alkyl halides is 3. The molecule has 0 saturated heterocycles. The number of para-hydroxylation sites is 2. The number of hydrogen-bond donors (Lipinski definition) is 3. The van der Waals surface area contributed by atoms with Crippen molar-refractivity contribution < 1.29 is 22.7 Å². The van der Waals surface area contributed by atoms with Crippen molar-refractivity contribution in [2.45, 2.75) is 6.36 Å². The number of carbonyl (C=O) groups excluding carboxylic acids is 1. The van der Waals surface area contributed by atoms with E-state index in [1.807, 2.05) is 42.5 Å². The van der Waals surface area contributed by atoms with E-state index in [-0.39, 0.29) is 5.75 Å². The summed E-state index contributed by atoms with van der Waals surface area (Å²) in [7, 11) is 0. The Kier molecular flexibility index (Phi) is 5.05. The number of amides is 2. The average molecular weight is 411 g/mol. The Morgan fingerprint density at radius 2 is 1.57 bits per heavy atom. The van der Waals surface area contributed by atoms with Gasteiger partial charge in [-0.2, -0.15) is 0 Å². The molecule has 3 N–H and O–H groups in total. The van der Waals surface area contributed by atoms with Crippen LogP contribution >= 0.6 is 0 Å². The Labute approximate surface area is 169 Å². The van der Waals surface area contributed by atoms with E-state index in [2.05, 4.69) is 20.4 Å². The number of nitrogens with one attached hydrogen (secondary N) is 3. The summed E-state index contributed by atoms with van der Waals surface area (Å²) in [5.41, 5.74) is 3.54. The van der Waals surface area contributed by atoms with Gasteiger partial charge in [0.15, 0.2) is 0 Å². The van der Waals surface area contributed by atoms with Crippen molar-refractivity contribution in [2.75, 3.05) is 10.6 Å². The zero-order valence-electron chi connectivity index (χ0n) is 15.5. The number of hydrogen-bond acceptors (Lipinski definition) is 2. The maximum atomic E-state index is 12.4. The van der Waals surface area contributed by atoms with E-state index in [1.54, 1.807) is 12.1 Å². The predicted molar refractivity (Wildman–Crippen MR) is 110 cm³/mol. The number of anilines is 2. The van der Waals surface area contributed by atoms with Crippen LogP contribution in [0.3, 0.4) is 0 Å². The van der Waals surface area contributed by atoms with Gasteiger partial charge in [-0.1, -0.05) is 36.4 Å². The van der Waals surface area contributed by atoms with Gasteiger partial charge in [-0.25, -0.2) is 4.79 Å². The molecule has 4 rings (SSSR count). The van der Waals surface area contributed by atoms with Crippen molar-refractivity contribution in [3.05, 3.63) is 78.9 Å². The summed E-state index contributed by atoms with van der Waals surface area (Å²) < 4.78 is 40.5. The van der Waals surface area contributed by atoms with Crippen LogP contribution < -0.4 is 15.4 Å². The number of carbonyl (C=O) groups is 1. The molecule has 5 nitrogen and oxygen atoms in total. The number of H-pyrrole nitrogens is 1. The summed E-state index contributed by atoms with van der Waals surface area (Å²) >= 11 is 0. The largest absolute Gasteiger partial charge is 0.573 e. The van der Waals surface area contributed by atoms with E-state index in [0.29, 0.717) is 11.4 Å². The second-order valence-electron chi connectivity index (χ2n) is 6.47. The monoisotopic (exact) mass is 411 g/mol. The SMILES string of the molecule is O=C(Nc1ccc(OC(F)(F)F)cc1)Nc1ccccc1-c1cc2ccccc2[nH]1. The van der Waals surface area contributed by atoms with Gasteiger partial charge < -0.3 is 20.4 Å². The number of aromatic amines is 1. The second-order valence-corrected chi connectivity index (χ2v) is 6.47. The average Bonchev–Trinajstić information content (AvgIpc) is 3.13. The van der Waals surface area contributed by atoms with Crippen LogP contribution in [0.2, 0.25) is 0 Å². The molecule has 2 amide bonds. The number of benzene rings is 3. The van der Waals surface area contributed by atoms with Crippen LogP contribution in [0.25, 0.3) is 22.2 Å². The Balaban J connectivity index is 1.49. The lowest BCUT2D eigenvalue weighted by molar-refractivity contribution is -0.274. The Morgan fingerprint density at radius 3 is 2.30 bits per heavy atom. The highest BCUT2D eigenvalue weighted by Crippen LogP contribution is 2.30. The van der Waals surface area contributed by atoms with Gasteiger partial charge >= 0.3 is 12.4 Å². The maximum absolute atomic E-state index is 12.4.